The van der Waals surface area contributed by atoms with Crippen molar-refractivity contribution in [3.63, 3.8) is 0 Å². The zero-order chi connectivity index (χ0) is 13.4. The second kappa shape index (κ2) is 4.96. The van der Waals surface area contributed by atoms with E-state index >= 15 is 0 Å². The summed E-state index contributed by atoms with van der Waals surface area (Å²) in [5.41, 5.74) is 1.32. The maximum absolute atomic E-state index is 12.4. The fourth-order valence-electron chi connectivity index (χ4n) is 2.95. The van der Waals surface area contributed by atoms with Crippen molar-refractivity contribution in [2.24, 2.45) is 5.92 Å². The Balaban J connectivity index is 1.74. The molecule has 0 bridgehead atoms. The van der Waals surface area contributed by atoms with Gasteiger partial charge in [0, 0.05) is 18.0 Å². The number of carboxylic acid groups (broad SMARTS) is 1. The van der Waals surface area contributed by atoms with Crippen LogP contribution in [-0.2, 0) is 17.6 Å². The lowest BCUT2D eigenvalue weighted by Crippen LogP contribution is -2.42. The predicted molar refractivity (Wildman–Crippen MR) is 72.6 cm³/mol. The van der Waals surface area contributed by atoms with E-state index < -0.39 is 11.9 Å². The lowest BCUT2D eigenvalue weighted by molar-refractivity contribution is -0.143. The van der Waals surface area contributed by atoms with Gasteiger partial charge in [-0.25, -0.2) is 0 Å². The highest BCUT2D eigenvalue weighted by molar-refractivity contribution is 7.14. The van der Waals surface area contributed by atoms with Crippen molar-refractivity contribution in [3.8, 4) is 0 Å². The van der Waals surface area contributed by atoms with Crippen molar-refractivity contribution in [1.29, 1.82) is 0 Å². The van der Waals surface area contributed by atoms with Crippen molar-refractivity contribution in [2.75, 3.05) is 13.1 Å². The minimum Gasteiger partial charge on any atom is -0.481 e. The average Bonchev–Trinajstić information content (AvgIpc) is 2.98. The molecule has 5 heteroatoms. The predicted octanol–water partition coefficient (Wildman–Crippen LogP) is 2.17. The molecule has 1 fully saturated rings. The van der Waals surface area contributed by atoms with Gasteiger partial charge >= 0.3 is 5.97 Å². The van der Waals surface area contributed by atoms with Gasteiger partial charge in [0.05, 0.1) is 10.8 Å². The molecular weight excluding hydrogens is 262 g/mol. The third-order valence-corrected chi connectivity index (χ3v) is 5.24. The molecule has 19 heavy (non-hydrogen) atoms. The van der Waals surface area contributed by atoms with Gasteiger partial charge in [-0.3, -0.25) is 9.59 Å². The van der Waals surface area contributed by atoms with Crippen LogP contribution in [0.3, 0.4) is 0 Å². The Morgan fingerprint density at radius 3 is 2.89 bits per heavy atom. The summed E-state index contributed by atoms with van der Waals surface area (Å²) in [5.74, 6) is -1.17. The summed E-state index contributed by atoms with van der Waals surface area (Å²) in [4.78, 5) is 27.3. The molecule has 1 aliphatic heterocycles. The van der Waals surface area contributed by atoms with Gasteiger partial charge in [0.1, 0.15) is 0 Å². The van der Waals surface area contributed by atoms with Crippen LogP contribution in [0.2, 0.25) is 0 Å². The number of thiophene rings is 1. The summed E-state index contributed by atoms with van der Waals surface area (Å²) in [7, 11) is 0. The molecule has 1 aromatic rings. The number of piperidine rings is 1. The molecule has 1 saturated heterocycles. The molecule has 1 N–H and O–H groups in total. The number of aryl methyl sites for hydroxylation is 2. The van der Waals surface area contributed by atoms with Crippen LogP contribution in [0.1, 0.15) is 39.4 Å². The maximum atomic E-state index is 12.4. The number of rotatable bonds is 2. The lowest BCUT2D eigenvalue weighted by atomic mass is 9.98. The van der Waals surface area contributed by atoms with E-state index in [-0.39, 0.29) is 5.91 Å². The maximum Gasteiger partial charge on any atom is 0.308 e. The van der Waals surface area contributed by atoms with Crippen molar-refractivity contribution < 1.29 is 14.7 Å². The number of aliphatic carboxylic acids is 1. The minimum absolute atomic E-state index is 0.0188. The third kappa shape index (κ3) is 2.39. The Morgan fingerprint density at radius 1 is 1.32 bits per heavy atom. The van der Waals surface area contributed by atoms with E-state index in [2.05, 4.69) is 0 Å². The molecular formula is C14H17NO3S. The quantitative estimate of drug-likeness (QED) is 0.902. The van der Waals surface area contributed by atoms with E-state index in [1.807, 2.05) is 6.07 Å². The smallest absolute Gasteiger partial charge is 0.308 e. The second-order valence-electron chi connectivity index (χ2n) is 5.34. The van der Waals surface area contributed by atoms with Crippen molar-refractivity contribution in [1.82, 2.24) is 4.90 Å². The summed E-state index contributed by atoms with van der Waals surface area (Å²) in [6, 6.07) is 2.01. The van der Waals surface area contributed by atoms with E-state index in [1.54, 1.807) is 16.2 Å². The van der Waals surface area contributed by atoms with Gasteiger partial charge in [-0.2, -0.15) is 0 Å². The molecule has 1 aromatic heterocycles. The number of hydrogen-bond donors (Lipinski definition) is 1. The Hall–Kier alpha value is -1.36. The van der Waals surface area contributed by atoms with Crippen LogP contribution in [0.15, 0.2) is 6.07 Å². The van der Waals surface area contributed by atoms with Crippen LogP contribution in [0.25, 0.3) is 0 Å². The number of likely N-dealkylation sites (tertiary alicyclic amines) is 1. The first-order valence-corrected chi connectivity index (χ1v) is 7.60. The molecule has 0 saturated carbocycles. The zero-order valence-corrected chi connectivity index (χ0v) is 11.5. The Labute approximate surface area is 116 Å². The molecule has 0 aromatic carbocycles. The molecule has 2 aliphatic rings. The molecule has 3 rings (SSSR count). The third-order valence-electron chi connectivity index (χ3n) is 4.02. The molecule has 1 aliphatic carbocycles. The van der Waals surface area contributed by atoms with E-state index in [9.17, 15) is 9.59 Å². The van der Waals surface area contributed by atoms with E-state index in [4.69, 9.17) is 5.11 Å². The minimum atomic E-state index is -0.786. The van der Waals surface area contributed by atoms with Crippen LogP contribution in [0.5, 0.6) is 0 Å². The van der Waals surface area contributed by atoms with Crippen LogP contribution < -0.4 is 0 Å². The molecule has 1 atom stereocenters. The van der Waals surface area contributed by atoms with Gasteiger partial charge < -0.3 is 10.0 Å². The second-order valence-corrected chi connectivity index (χ2v) is 6.48. The first kappa shape index (κ1) is 12.7. The fourth-order valence-corrected chi connectivity index (χ4v) is 4.17. The molecule has 0 spiro atoms. The zero-order valence-electron chi connectivity index (χ0n) is 10.7. The number of carbonyl (C=O) groups excluding carboxylic acids is 1. The first-order valence-electron chi connectivity index (χ1n) is 6.79. The number of nitrogens with zero attached hydrogens (tertiary/aromatic N) is 1. The van der Waals surface area contributed by atoms with Gasteiger partial charge in [-0.05, 0) is 43.7 Å². The summed E-state index contributed by atoms with van der Waals surface area (Å²) in [6.45, 7) is 1.04. The van der Waals surface area contributed by atoms with Gasteiger partial charge in [-0.1, -0.05) is 0 Å². The topological polar surface area (TPSA) is 57.6 Å². The summed E-state index contributed by atoms with van der Waals surface area (Å²) in [5, 5.41) is 9.07. The van der Waals surface area contributed by atoms with Crippen molar-refractivity contribution in [2.45, 2.75) is 32.1 Å². The molecule has 0 unspecified atom stereocenters. The molecule has 0 radical (unpaired) electrons. The number of carboxylic acids is 1. The Bertz CT molecular complexity index is 501. The van der Waals surface area contributed by atoms with Crippen LogP contribution in [-0.4, -0.2) is 35.0 Å². The molecule has 102 valence electrons. The fraction of sp³-hybridized carbons (Fsp3) is 0.571. The van der Waals surface area contributed by atoms with Crippen molar-refractivity contribution >= 4 is 23.2 Å². The SMILES string of the molecule is O=C(O)[C@@H]1CCCN(C(=O)c2cc3c(s2)CCC3)C1. The summed E-state index contributed by atoms with van der Waals surface area (Å²) < 4.78 is 0. The lowest BCUT2D eigenvalue weighted by Gasteiger charge is -2.30. The monoisotopic (exact) mass is 279 g/mol. The standard InChI is InChI=1S/C14H17NO3S/c16-13(12-7-9-3-1-5-11(9)19-12)15-6-2-4-10(8-15)14(17)18/h7,10H,1-6,8H2,(H,17,18)/t10-/m1/s1. The highest BCUT2D eigenvalue weighted by Crippen LogP contribution is 2.32. The van der Waals surface area contributed by atoms with E-state index in [0.717, 1.165) is 24.1 Å². The summed E-state index contributed by atoms with van der Waals surface area (Å²) >= 11 is 1.59. The Kier molecular flexibility index (Phi) is 3.31. The molecule has 1 amide bonds. The van der Waals surface area contributed by atoms with Crippen molar-refractivity contribution in [3.05, 3.63) is 21.4 Å². The van der Waals surface area contributed by atoms with Gasteiger partial charge in [0.2, 0.25) is 0 Å². The summed E-state index contributed by atoms with van der Waals surface area (Å²) in [6.07, 6.45) is 4.83. The van der Waals surface area contributed by atoms with Crippen LogP contribution >= 0.6 is 11.3 Å². The van der Waals surface area contributed by atoms with Gasteiger partial charge in [-0.15, -0.1) is 11.3 Å². The van der Waals surface area contributed by atoms with Gasteiger partial charge in [0.15, 0.2) is 0 Å². The first-order chi connectivity index (χ1) is 9.15. The number of carbonyl (C=O) groups is 2. The largest absolute Gasteiger partial charge is 0.481 e. The number of amides is 1. The molecule has 4 nitrogen and oxygen atoms in total. The van der Waals surface area contributed by atoms with Crippen LogP contribution in [0.4, 0.5) is 0 Å². The Morgan fingerprint density at radius 2 is 2.16 bits per heavy atom. The van der Waals surface area contributed by atoms with E-state index in [0.29, 0.717) is 19.5 Å². The highest BCUT2D eigenvalue weighted by Gasteiger charge is 2.30. The average molecular weight is 279 g/mol. The highest BCUT2D eigenvalue weighted by atomic mass is 32.1. The van der Waals surface area contributed by atoms with Crippen LogP contribution in [0, 0.1) is 5.92 Å². The number of fused-ring (bicyclic) bond motifs is 1. The van der Waals surface area contributed by atoms with E-state index in [1.165, 1.54) is 16.9 Å². The number of hydrogen-bond acceptors (Lipinski definition) is 3. The van der Waals surface area contributed by atoms with Gasteiger partial charge in [0.25, 0.3) is 5.91 Å². The normalized spacial score (nSPS) is 22.3. The molecule has 2 heterocycles.